The molecule has 0 radical (unpaired) electrons. The second-order valence-corrected chi connectivity index (χ2v) is 13.3. The smallest absolute Gasteiger partial charge is 0.127 e. The Morgan fingerprint density at radius 1 is 0.698 bits per heavy atom. The molecule has 5 rings (SSSR count). The Morgan fingerprint density at radius 3 is 1.91 bits per heavy atom. The number of hydrogen-bond acceptors (Lipinski definition) is 2. The molecular weight excluding hydrogens is 550 g/mol. The summed E-state index contributed by atoms with van der Waals surface area (Å²) in [5.74, 6) is 0.609. The SMILES string of the molecule is CCCC(C)(Pc1ccc(F)cc1CO)c1cc(Cc2ccccc2)cc(Cc2ccccc2)c1OCc1ccccc1. The summed E-state index contributed by atoms with van der Waals surface area (Å²) in [4.78, 5) is 0. The zero-order valence-corrected chi connectivity index (χ0v) is 26.0. The lowest BCUT2D eigenvalue weighted by Gasteiger charge is -2.34. The number of rotatable bonds is 13. The van der Waals surface area contributed by atoms with E-state index in [1.54, 1.807) is 0 Å². The molecular formula is C39H40FO2P. The molecule has 0 aliphatic heterocycles. The largest absolute Gasteiger partial charge is 0.488 e. The summed E-state index contributed by atoms with van der Waals surface area (Å²) in [5.41, 5.74) is 7.85. The van der Waals surface area contributed by atoms with Gasteiger partial charge in [0.05, 0.1) is 6.61 Å². The normalized spacial score (nSPS) is 12.8. The molecule has 0 aromatic heterocycles. The molecule has 43 heavy (non-hydrogen) atoms. The lowest BCUT2D eigenvalue weighted by Crippen LogP contribution is -2.23. The van der Waals surface area contributed by atoms with E-state index in [1.807, 2.05) is 24.3 Å². The molecule has 220 valence electrons. The van der Waals surface area contributed by atoms with E-state index in [0.29, 0.717) is 20.8 Å². The second kappa shape index (κ2) is 14.6. The van der Waals surface area contributed by atoms with Gasteiger partial charge in [-0.3, -0.25) is 0 Å². The maximum absolute atomic E-state index is 14.2. The van der Waals surface area contributed by atoms with E-state index in [0.717, 1.165) is 42.3 Å². The lowest BCUT2D eigenvalue weighted by molar-refractivity contribution is 0.282. The van der Waals surface area contributed by atoms with Gasteiger partial charge in [-0.05, 0) is 63.7 Å². The predicted octanol–water partition coefficient (Wildman–Crippen LogP) is 9.10. The third-order valence-corrected chi connectivity index (χ3v) is 9.76. The van der Waals surface area contributed by atoms with Crippen LogP contribution in [0, 0.1) is 5.82 Å². The minimum Gasteiger partial charge on any atom is -0.488 e. The first-order valence-electron chi connectivity index (χ1n) is 15.1. The molecule has 0 amide bonds. The van der Waals surface area contributed by atoms with Gasteiger partial charge < -0.3 is 9.84 Å². The van der Waals surface area contributed by atoms with Crippen LogP contribution in [0.5, 0.6) is 5.75 Å². The molecule has 0 saturated heterocycles. The summed E-state index contributed by atoms with van der Waals surface area (Å²) in [6.07, 6.45) is 3.48. The van der Waals surface area contributed by atoms with Gasteiger partial charge in [0, 0.05) is 17.1 Å². The first-order valence-corrected chi connectivity index (χ1v) is 16.1. The number of halogens is 1. The molecule has 2 unspecified atom stereocenters. The van der Waals surface area contributed by atoms with E-state index in [4.69, 9.17) is 4.74 Å². The van der Waals surface area contributed by atoms with E-state index in [1.165, 1.54) is 39.9 Å². The van der Waals surface area contributed by atoms with Gasteiger partial charge in [-0.25, -0.2) is 4.39 Å². The summed E-state index contributed by atoms with van der Waals surface area (Å²) in [6.45, 7) is 4.80. The van der Waals surface area contributed by atoms with E-state index in [2.05, 4.69) is 98.8 Å². The van der Waals surface area contributed by atoms with Crippen molar-refractivity contribution in [1.82, 2.24) is 0 Å². The average molecular weight is 591 g/mol. The van der Waals surface area contributed by atoms with Crippen molar-refractivity contribution in [3.05, 3.63) is 166 Å². The summed E-state index contributed by atoms with van der Waals surface area (Å²) in [7, 11) is 0.324. The van der Waals surface area contributed by atoms with Crippen molar-refractivity contribution >= 4 is 13.9 Å². The molecule has 0 bridgehead atoms. The molecule has 0 fully saturated rings. The van der Waals surface area contributed by atoms with Gasteiger partial charge in [0.25, 0.3) is 0 Å². The number of aliphatic hydroxyl groups is 1. The molecule has 0 heterocycles. The zero-order valence-electron chi connectivity index (χ0n) is 25.0. The molecule has 2 nitrogen and oxygen atoms in total. The molecule has 0 spiro atoms. The van der Waals surface area contributed by atoms with Crippen molar-refractivity contribution in [3.8, 4) is 5.75 Å². The summed E-state index contributed by atoms with van der Waals surface area (Å²) in [6, 6.07) is 40.9. The Hall–Kier alpha value is -3.78. The third-order valence-electron chi connectivity index (χ3n) is 7.93. The zero-order chi connectivity index (χ0) is 30.1. The molecule has 2 atom stereocenters. The molecule has 4 heteroatoms. The van der Waals surface area contributed by atoms with E-state index < -0.39 is 0 Å². The minimum atomic E-state index is -0.323. The van der Waals surface area contributed by atoms with E-state index in [-0.39, 0.29) is 17.6 Å². The van der Waals surface area contributed by atoms with Crippen molar-refractivity contribution in [2.45, 2.75) is 57.9 Å². The van der Waals surface area contributed by atoms with Crippen LogP contribution in [-0.2, 0) is 31.2 Å². The van der Waals surface area contributed by atoms with Crippen LogP contribution in [0.1, 0.15) is 65.6 Å². The van der Waals surface area contributed by atoms with Crippen LogP contribution in [0.25, 0.3) is 0 Å². The fourth-order valence-corrected chi connectivity index (χ4v) is 7.59. The standard InChI is InChI=1S/C39H40FO2P/c1-3-21-39(2,43-37-20-19-35(40)26-34(37)27-41)36-25-32(22-29-13-7-4-8-14-29)24-33(23-30-15-9-5-10-16-30)38(36)42-28-31-17-11-6-12-18-31/h4-20,24-26,41,43H,3,21-23,27-28H2,1-2H3. The van der Waals surface area contributed by atoms with Gasteiger partial charge in [-0.1, -0.05) is 138 Å². The van der Waals surface area contributed by atoms with Crippen LogP contribution in [-0.4, -0.2) is 5.11 Å². The highest BCUT2D eigenvalue weighted by molar-refractivity contribution is 7.48. The van der Waals surface area contributed by atoms with Gasteiger partial charge in [0.15, 0.2) is 0 Å². The fourth-order valence-electron chi connectivity index (χ4n) is 5.82. The molecule has 5 aromatic carbocycles. The van der Waals surface area contributed by atoms with Crippen LogP contribution >= 0.6 is 8.58 Å². The maximum Gasteiger partial charge on any atom is 0.127 e. The van der Waals surface area contributed by atoms with Gasteiger partial charge in [0.2, 0.25) is 0 Å². The van der Waals surface area contributed by atoms with Crippen LogP contribution < -0.4 is 10.0 Å². The lowest BCUT2D eigenvalue weighted by atomic mass is 9.87. The molecule has 0 aliphatic rings. The van der Waals surface area contributed by atoms with Crippen molar-refractivity contribution in [2.75, 3.05) is 0 Å². The Bertz CT molecular complexity index is 1610. The minimum absolute atomic E-state index is 0.188. The average Bonchev–Trinajstić information content (AvgIpc) is 3.03. The van der Waals surface area contributed by atoms with Gasteiger partial charge in [-0.15, -0.1) is 0 Å². The van der Waals surface area contributed by atoms with Crippen LogP contribution in [0.15, 0.2) is 121 Å². The Labute approximate surface area is 257 Å². The second-order valence-electron chi connectivity index (χ2n) is 11.4. The van der Waals surface area contributed by atoms with Gasteiger partial charge >= 0.3 is 0 Å². The van der Waals surface area contributed by atoms with Crippen molar-refractivity contribution in [2.24, 2.45) is 0 Å². The van der Waals surface area contributed by atoms with Crippen molar-refractivity contribution in [1.29, 1.82) is 0 Å². The molecule has 5 aromatic rings. The third kappa shape index (κ3) is 7.99. The predicted molar refractivity (Wildman–Crippen MR) is 178 cm³/mol. The summed E-state index contributed by atoms with van der Waals surface area (Å²) >= 11 is 0. The summed E-state index contributed by atoms with van der Waals surface area (Å²) < 4.78 is 21.0. The monoisotopic (exact) mass is 590 g/mol. The fraction of sp³-hybridized carbons (Fsp3) is 0.231. The van der Waals surface area contributed by atoms with Crippen molar-refractivity contribution in [3.63, 3.8) is 0 Å². The number of hydrogen-bond donors (Lipinski definition) is 1. The van der Waals surface area contributed by atoms with Crippen LogP contribution in [0.4, 0.5) is 4.39 Å². The number of benzene rings is 5. The Kier molecular flexibility index (Phi) is 10.4. The number of ether oxygens (including phenoxy) is 1. The number of aliphatic hydroxyl groups excluding tert-OH is 1. The Morgan fingerprint density at radius 2 is 1.30 bits per heavy atom. The van der Waals surface area contributed by atoms with E-state index in [9.17, 15) is 9.50 Å². The van der Waals surface area contributed by atoms with Crippen molar-refractivity contribution < 1.29 is 14.2 Å². The summed E-state index contributed by atoms with van der Waals surface area (Å²) in [5, 5.41) is 10.8. The van der Waals surface area contributed by atoms with Crippen LogP contribution in [0.2, 0.25) is 0 Å². The highest BCUT2D eigenvalue weighted by Crippen LogP contribution is 2.50. The van der Waals surface area contributed by atoms with Crippen LogP contribution in [0.3, 0.4) is 0 Å². The quantitative estimate of drug-likeness (QED) is 0.139. The first-order chi connectivity index (χ1) is 21.0. The highest BCUT2D eigenvalue weighted by atomic mass is 31.1. The van der Waals surface area contributed by atoms with Gasteiger partial charge in [0.1, 0.15) is 18.2 Å². The van der Waals surface area contributed by atoms with Gasteiger partial charge in [-0.2, -0.15) is 0 Å². The maximum atomic E-state index is 14.2. The molecule has 0 aliphatic carbocycles. The topological polar surface area (TPSA) is 29.5 Å². The molecule has 0 saturated carbocycles. The Balaban J connectivity index is 1.67. The first kappa shape index (κ1) is 30.7. The van der Waals surface area contributed by atoms with E-state index >= 15 is 0 Å². The highest BCUT2D eigenvalue weighted by Gasteiger charge is 2.32. The molecule has 1 N–H and O–H groups in total.